The average Bonchev–Trinajstić information content (AvgIpc) is 2.53. The molecule has 0 aromatic rings. The van der Waals surface area contributed by atoms with E-state index >= 15 is 0 Å². The van der Waals surface area contributed by atoms with Crippen LogP contribution in [0.1, 0.15) is 19.8 Å². The van der Waals surface area contributed by atoms with Crippen LogP contribution in [0.3, 0.4) is 0 Å². The zero-order valence-electron chi connectivity index (χ0n) is 9.37. The molecule has 2 saturated heterocycles. The van der Waals surface area contributed by atoms with Gasteiger partial charge in [-0.2, -0.15) is 0 Å². The molecule has 94 valence electrons. The van der Waals surface area contributed by atoms with Crippen LogP contribution in [0.5, 0.6) is 0 Å². The van der Waals surface area contributed by atoms with Crippen molar-refractivity contribution in [1.82, 2.24) is 15.0 Å². The van der Waals surface area contributed by atoms with Crippen molar-refractivity contribution in [3.63, 3.8) is 0 Å². The molecule has 2 unspecified atom stereocenters. The molecule has 2 heterocycles. The second-order valence-corrected chi connectivity index (χ2v) is 4.25. The second kappa shape index (κ2) is 3.97. The van der Waals surface area contributed by atoms with E-state index in [-0.39, 0.29) is 12.6 Å². The summed E-state index contributed by atoms with van der Waals surface area (Å²) in [5.74, 6) is 4.13. The molecule has 17 heavy (non-hydrogen) atoms. The maximum absolute atomic E-state index is 11.9. The molecule has 0 aromatic heterocycles. The Morgan fingerprint density at radius 1 is 1.47 bits per heavy atom. The van der Waals surface area contributed by atoms with Gasteiger partial charge in [0.1, 0.15) is 6.04 Å². The van der Waals surface area contributed by atoms with Crippen molar-refractivity contribution in [1.29, 1.82) is 0 Å². The van der Waals surface area contributed by atoms with E-state index in [1.165, 1.54) is 11.8 Å². The predicted molar refractivity (Wildman–Crippen MR) is 54.3 cm³/mol. The largest absolute Gasteiger partial charge is 0.344 e. The number of carbonyl (C=O) groups is 3. The highest BCUT2D eigenvalue weighted by atomic mass is 16.5. The SMILES string of the molecule is CC(=O)N(N)C(=O)C1CCC2CN1C(=O)N2O. The molecule has 8 heteroatoms. The number of hydroxylamine groups is 2. The van der Waals surface area contributed by atoms with Gasteiger partial charge in [-0.15, -0.1) is 0 Å². The Balaban J connectivity index is 2.16. The molecule has 2 aliphatic heterocycles. The Morgan fingerprint density at radius 2 is 2.12 bits per heavy atom. The van der Waals surface area contributed by atoms with E-state index in [0.717, 1.165) is 0 Å². The van der Waals surface area contributed by atoms with E-state index in [2.05, 4.69) is 0 Å². The number of hydrogen-bond acceptors (Lipinski definition) is 5. The normalized spacial score (nSPS) is 27.4. The van der Waals surface area contributed by atoms with E-state index < -0.39 is 23.9 Å². The maximum Gasteiger partial charge on any atom is 0.344 e. The van der Waals surface area contributed by atoms with Crippen LogP contribution in [-0.4, -0.2) is 56.7 Å². The number of urea groups is 1. The molecule has 2 bridgehead atoms. The summed E-state index contributed by atoms with van der Waals surface area (Å²) in [7, 11) is 0. The first-order chi connectivity index (χ1) is 7.93. The topological polar surface area (TPSA) is 107 Å². The summed E-state index contributed by atoms with van der Waals surface area (Å²) >= 11 is 0. The van der Waals surface area contributed by atoms with E-state index in [1.54, 1.807) is 0 Å². The zero-order chi connectivity index (χ0) is 12.7. The molecule has 4 amide bonds. The van der Waals surface area contributed by atoms with Crippen LogP contribution in [0.2, 0.25) is 0 Å². The highest BCUT2D eigenvalue weighted by Crippen LogP contribution is 2.28. The Hall–Kier alpha value is -1.67. The average molecular weight is 242 g/mol. The molecule has 0 radical (unpaired) electrons. The molecular formula is C9H14N4O4. The monoisotopic (exact) mass is 242 g/mol. The van der Waals surface area contributed by atoms with Gasteiger partial charge in [0.05, 0.1) is 6.04 Å². The minimum Gasteiger partial charge on any atom is -0.309 e. The van der Waals surface area contributed by atoms with Crippen molar-refractivity contribution < 1.29 is 19.6 Å². The molecule has 0 spiro atoms. The van der Waals surface area contributed by atoms with Crippen LogP contribution in [0.25, 0.3) is 0 Å². The van der Waals surface area contributed by atoms with Gasteiger partial charge in [-0.25, -0.2) is 20.7 Å². The molecule has 2 fully saturated rings. The lowest BCUT2D eigenvalue weighted by Crippen LogP contribution is -2.54. The number of nitrogens with zero attached hydrogens (tertiary/aromatic N) is 3. The molecular weight excluding hydrogens is 228 g/mol. The summed E-state index contributed by atoms with van der Waals surface area (Å²) in [5.41, 5.74) is 0. The first kappa shape index (κ1) is 11.8. The third kappa shape index (κ3) is 1.75. The molecule has 2 aliphatic rings. The third-order valence-corrected chi connectivity index (χ3v) is 3.21. The van der Waals surface area contributed by atoms with Crippen molar-refractivity contribution in [3.05, 3.63) is 0 Å². The Morgan fingerprint density at radius 3 is 2.71 bits per heavy atom. The van der Waals surface area contributed by atoms with Crippen LogP contribution >= 0.6 is 0 Å². The van der Waals surface area contributed by atoms with Crippen LogP contribution in [0, 0.1) is 0 Å². The van der Waals surface area contributed by atoms with Crippen LogP contribution < -0.4 is 5.84 Å². The molecule has 0 aliphatic carbocycles. The summed E-state index contributed by atoms with van der Waals surface area (Å²) in [6.07, 6.45) is 0.911. The molecule has 3 N–H and O–H groups in total. The minimum atomic E-state index is -0.759. The summed E-state index contributed by atoms with van der Waals surface area (Å²) in [6.45, 7) is 1.46. The van der Waals surface area contributed by atoms with Crippen LogP contribution in [0.4, 0.5) is 4.79 Å². The number of fused-ring (bicyclic) bond motifs is 2. The first-order valence-electron chi connectivity index (χ1n) is 5.31. The fraction of sp³-hybridized carbons (Fsp3) is 0.667. The van der Waals surface area contributed by atoms with Crippen molar-refractivity contribution in [2.75, 3.05) is 6.54 Å². The van der Waals surface area contributed by atoms with E-state index in [9.17, 15) is 19.6 Å². The quantitative estimate of drug-likeness (QED) is 0.262. The zero-order valence-corrected chi connectivity index (χ0v) is 9.37. The Bertz CT molecular complexity index is 385. The number of hydrazine groups is 1. The standard InChI is InChI=1S/C9H14N4O4/c1-5(14)12(10)8(15)7-3-2-6-4-11(7)9(16)13(6)17/h6-7,17H,2-4,10H2,1H3. The minimum absolute atomic E-state index is 0.268. The molecule has 2 atom stereocenters. The highest BCUT2D eigenvalue weighted by Gasteiger charge is 2.47. The maximum atomic E-state index is 11.9. The molecule has 0 aromatic carbocycles. The smallest absolute Gasteiger partial charge is 0.309 e. The van der Waals surface area contributed by atoms with Gasteiger partial charge in [-0.3, -0.25) is 14.8 Å². The van der Waals surface area contributed by atoms with Crippen LogP contribution in [-0.2, 0) is 9.59 Å². The van der Waals surface area contributed by atoms with E-state index in [1.807, 2.05) is 0 Å². The molecule has 2 rings (SSSR count). The first-order valence-corrected chi connectivity index (χ1v) is 5.31. The lowest BCUT2D eigenvalue weighted by molar-refractivity contribution is -0.147. The second-order valence-electron chi connectivity index (χ2n) is 4.25. The van der Waals surface area contributed by atoms with Gasteiger partial charge < -0.3 is 4.90 Å². The number of carbonyl (C=O) groups excluding carboxylic acids is 3. The molecule has 0 saturated carbocycles. The summed E-state index contributed by atoms with van der Waals surface area (Å²) in [4.78, 5) is 35.7. The van der Waals surface area contributed by atoms with Gasteiger partial charge in [-0.05, 0) is 12.8 Å². The summed E-state index contributed by atoms with van der Waals surface area (Å²) < 4.78 is 0. The van der Waals surface area contributed by atoms with E-state index in [0.29, 0.717) is 22.9 Å². The third-order valence-electron chi connectivity index (χ3n) is 3.21. The summed E-state index contributed by atoms with van der Waals surface area (Å²) in [6, 6.07) is -1.64. The fourth-order valence-electron chi connectivity index (χ4n) is 2.22. The van der Waals surface area contributed by atoms with E-state index in [4.69, 9.17) is 5.84 Å². The van der Waals surface area contributed by atoms with Gasteiger partial charge in [0.25, 0.3) is 5.91 Å². The number of amides is 4. The lowest BCUT2D eigenvalue weighted by atomic mass is 10.00. The van der Waals surface area contributed by atoms with Gasteiger partial charge in [-0.1, -0.05) is 0 Å². The molecule has 8 nitrogen and oxygen atoms in total. The van der Waals surface area contributed by atoms with Gasteiger partial charge in [0.15, 0.2) is 0 Å². The highest BCUT2D eigenvalue weighted by molar-refractivity contribution is 5.98. The van der Waals surface area contributed by atoms with Crippen molar-refractivity contribution >= 4 is 17.8 Å². The van der Waals surface area contributed by atoms with Gasteiger partial charge >= 0.3 is 6.03 Å². The number of piperidine rings is 1. The lowest BCUT2D eigenvalue weighted by Gasteiger charge is -2.30. The summed E-state index contributed by atoms with van der Waals surface area (Å²) in [5, 5.41) is 10.6. The number of nitrogens with two attached hydrogens (primary N) is 1. The predicted octanol–water partition coefficient (Wildman–Crippen LogP) is -1.11. The number of imide groups is 1. The Labute approximate surface area is 97.5 Å². The number of rotatable bonds is 1. The van der Waals surface area contributed by atoms with Crippen molar-refractivity contribution in [2.45, 2.75) is 31.8 Å². The van der Waals surface area contributed by atoms with Gasteiger partial charge in [0.2, 0.25) is 5.91 Å². The van der Waals surface area contributed by atoms with Crippen LogP contribution in [0.15, 0.2) is 0 Å². The van der Waals surface area contributed by atoms with Gasteiger partial charge in [0, 0.05) is 13.5 Å². The van der Waals surface area contributed by atoms with Crippen molar-refractivity contribution in [2.24, 2.45) is 5.84 Å². The fourth-order valence-corrected chi connectivity index (χ4v) is 2.22. The number of hydrogen-bond donors (Lipinski definition) is 2. The Kier molecular flexibility index (Phi) is 2.76. The van der Waals surface area contributed by atoms with Crippen molar-refractivity contribution in [3.8, 4) is 0 Å².